The first-order valence-corrected chi connectivity index (χ1v) is 13.8. The number of hydrogen-bond donors (Lipinski definition) is 4. The Bertz CT molecular complexity index is 1210. The first kappa shape index (κ1) is 38.6. The summed E-state index contributed by atoms with van der Waals surface area (Å²) in [6, 6.07) is 0. The van der Waals surface area contributed by atoms with E-state index >= 15 is 0 Å². The number of halogens is 1. The van der Waals surface area contributed by atoms with Gasteiger partial charge in [-0.2, -0.15) is 0 Å². The van der Waals surface area contributed by atoms with Crippen LogP contribution in [-0.4, -0.2) is 136 Å². The Morgan fingerprint density at radius 3 is 1.76 bits per heavy atom. The molecule has 2 aliphatic rings. The van der Waals surface area contributed by atoms with Crippen LogP contribution in [0.15, 0.2) is 0 Å². The number of primary amides is 1. The molecule has 2 saturated heterocycles. The van der Waals surface area contributed by atoms with Crippen LogP contribution in [0.4, 0.5) is 9.18 Å². The minimum Gasteiger partial charge on any atom is -0.463 e. The molecule has 2 rings (SSSR count). The van der Waals surface area contributed by atoms with Crippen LogP contribution in [0.2, 0.25) is 0 Å². The quantitative estimate of drug-likeness (QED) is 0.119. The highest BCUT2D eigenvalue weighted by Crippen LogP contribution is 2.45. The van der Waals surface area contributed by atoms with Gasteiger partial charge in [0, 0.05) is 27.2 Å². The predicted octanol–water partition coefficient (Wildman–Crippen LogP) is -2.30. The van der Waals surface area contributed by atoms with E-state index < -0.39 is 127 Å². The number of rotatable bonds is 13. The summed E-state index contributed by atoms with van der Waals surface area (Å²) >= 11 is 0. The lowest BCUT2D eigenvalue weighted by Crippen LogP contribution is -2.82. The Labute approximate surface area is 261 Å². The van der Waals surface area contributed by atoms with Crippen LogP contribution in [0, 0.1) is 0 Å². The van der Waals surface area contributed by atoms with Gasteiger partial charge in [0.2, 0.25) is 0 Å². The molecule has 19 heteroatoms. The van der Waals surface area contributed by atoms with Crippen molar-refractivity contribution in [3.8, 4) is 0 Å². The third-order valence-corrected chi connectivity index (χ3v) is 7.41. The van der Waals surface area contributed by atoms with E-state index in [1.54, 1.807) is 0 Å². The number of hydrogen-bond acceptors (Lipinski definition) is 17. The molecule has 46 heavy (non-hydrogen) atoms. The fourth-order valence-electron chi connectivity index (χ4n) is 5.41. The van der Waals surface area contributed by atoms with Crippen LogP contribution in [-0.2, 0) is 61.9 Å². The summed E-state index contributed by atoms with van der Waals surface area (Å²) in [6.45, 7) is 3.17. The van der Waals surface area contributed by atoms with Crippen LogP contribution in [0.5, 0.6) is 0 Å². The second-order valence-electron chi connectivity index (χ2n) is 10.7. The summed E-state index contributed by atoms with van der Waals surface area (Å²) in [5.41, 5.74) is -1.64. The van der Waals surface area contributed by atoms with Crippen molar-refractivity contribution >= 4 is 41.4 Å². The molecule has 5 N–H and O–H groups in total. The molecule has 0 aromatic heterocycles. The number of carbonyl (C=O) groups is 7. The largest absolute Gasteiger partial charge is 0.463 e. The molecular formula is C27H38FNO17. The lowest BCUT2D eigenvalue weighted by Gasteiger charge is -2.56. The summed E-state index contributed by atoms with van der Waals surface area (Å²) in [5.74, 6) is -6.74. The molecule has 0 aliphatic carbocycles. The van der Waals surface area contributed by atoms with Crippen molar-refractivity contribution in [2.24, 2.45) is 5.73 Å². The highest BCUT2D eigenvalue weighted by atomic mass is 19.1. The van der Waals surface area contributed by atoms with Gasteiger partial charge in [-0.3, -0.25) is 33.2 Å². The lowest BCUT2D eigenvalue weighted by atomic mass is 9.65. The van der Waals surface area contributed by atoms with E-state index in [0.29, 0.717) is 13.8 Å². The number of aliphatic hydroxyl groups excluding tert-OH is 1. The molecule has 0 spiro atoms. The Balaban J connectivity index is 2.83. The van der Waals surface area contributed by atoms with Gasteiger partial charge in [-0.25, -0.2) is 4.79 Å². The van der Waals surface area contributed by atoms with Crippen molar-refractivity contribution < 1.29 is 86.4 Å². The predicted molar refractivity (Wildman–Crippen MR) is 143 cm³/mol. The molecule has 0 aromatic carbocycles. The van der Waals surface area contributed by atoms with Crippen molar-refractivity contribution in [1.29, 1.82) is 0 Å². The summed E-state index contributed by atoms with van der Waals surface area (Å²) in [7, 11) is 0. The van der Waals surface area contributed by atoms with E-state index in [-0.39, 0.29) is 0 Å². The third-order valence-electron chi connectivity index (χ3n) is 7.41. The number of aliphatic hydroxyl groups is 3. The van der Waals surface area contributed by atoms with Crippen LogP contribution < -0.4 is 5.73 Å². The van der Waals surface area contributed by atoms with Crippen LogP contribution >= 0.6 is 0 Å². The van der Waals surface area contributed by atoms with E-state index in [1.165, 1.54) is 0 Å². The molecule has 260 valence electrons. The van der Waals surface area contributed by atoms with Crippen molar-refractivity contribution in [1.82, 2.24) is 0 Å². The number of alkyl halides is 1. The minimum absolute atomic E-state index is 0.706. The van der Waals surface area contributed by atoms with E-state index in [9.17, 15) is 53.3 Å². The maximum atomic E-state index is 13.9. The minimum atomic E-state index is -3.43. The van der Waals surface area contributed by atoms with Gasteiger partial charge in [0.05, 0.1) is 12.8 Å². The highest BCUT2D eigenvalue weighted by Gasteiger charge is 2.72. The van der Waals surface area contributed by atoms with Gasteiger partial charge in [-0.05, 0) is 20.8 Å². The zero-order chi connectivity index (χ0) is 35.3. The number of Topliss-reactive ketones (excluding diaryl/α,β-unsaturated/α-hetero) is 3. The topological polar surface area (TPSA) is 271 Å². The highest BCUT2D eigenvalue weighted by molar-refractivity contribution is 5.99. The Kier molecular flexibility index (Phi) is 12.8. The molecular weight excluding hydrogens is 629 g/mol. The summed E-state index contributed by atoms with van der Waals surface area (Å²) in [4.78, 5) is 85.9. The molecule has 0 aromatic rings. The number of nitrogens with two attached hydrogens (primary N) is 1. The zero-order valence-corrected chi connectivity index (χ0v) is 25.8. The van der Waals surface area contributed by atoms with Crippen LogP contribution in [0.1, 0.15) is 48.0 Å². The number of amides is 1. The Hall–Kier alpha value is -3.62. The molecule has 0 saturated carbocycles. The van der Waals surface area contributed by atoms with Gasteiger partial charge in [-0.15, -0.1) is 0 Å². The molecule has 0 radical (unpaired) electrons. The van der Waals surface area contributed by atoms with Gasteiger partial charge in [-0.1, -0.05) is 0 Å². The smallest absolute Gasteiger partial charge is 0.405 e. The number of carbonyl (C=O) groups excluding carboxylic acids is 7. The molecule has 1 amide bonds. The van der Waals surface area contributed by atoms with E-state index in [1.807, 2.05) is 0 Å². The van der Waals surface area contributed by atoms with Crippen LogP contribution in [0.25, 0.3) is 0 Å². The van der Waals surface area contributed by atoms with Crippen LogP contribution in [0.3, 0.4) is 0 Å². The van der Waals surface area contributed by atoms with Gasteiger partial charge in [0.1, 0.15) is 31.0 Å². The van der Waals surface area contributed by atoms with Gasteiger partial charge in [0.15, 0.2) is 53.2 Å². The maximum Gasteiger partial charge on any atom is 0.405 e. The molecule has 2 aliphatic heterocycles. The molecule has 1 unspecified atom stereocenters. The average molecular weight is 668 g/mol. The fraction of sp³-hybridized carbons (Fsp3) is 0.741. The zero-order valence-electron chi connectivity index (χ0n) is 25.8. The summed E-state index contributed by atoms with van der Waals surface area (Å²) in [5, 5.41) is 34.2. The Morgan fingerprint density at radius 1 is 0.783 bits per heavy atom. The first-order chi connectivity index (χ1) is 21.2. The normalized spacial score (nSPS) is 34.8. The van der Waals surface area contributed by atoms with Crippen molar-refractivity contribution in [3.05, 3.63) is 0 Å². The van der Waals surface area contributed by atoms with Crippen molar-refractivity contribution in [2.45, 2.75) is 114 Å². The molecule has 18 nitrogen and oxygen atoms in total. The monoisotopic (exact) mass is 667 g/mol. The summed E-state index contributed by atoms with van der Waals surface area (Å²) < 4.78 is 51.6. The number of ether oxygens (including phenoxy) is 7. The van der Waals surface area contributed by atoms with E-state index in [4.69, 9.17) is 38.9 Å². The average Bonchev–Trinajstić information content (AvgIpc) is 2.93. The van der Waals surface area contributed by atoms with Crippen molar-refractivity contribution in [2.75, 3.05) is 13.3 Å². The molecule has 2 fully saturated rings. The maximum absolute atomic E-state index is 13.9. The molecule has 0 bridgehead atoms. The third kappa shape index (κ3) is 7.84. The summed E-state index contributed by atoms with van der Waals surface area (Å²) in [6.07, 6.45) is -20.3. The second-order valence-corrected chi connectivity index (χ2v) is 10.7. The van der Waals surface area contributed by atoms with Gasteiger partial charge >= 0.3 is 24.0 Å². The standard InChI is InChI=1S/C27H38FNO17/c1-10(30)18(36)23-27(39,12(3)32)26(38,11(2)31)22(16(43-23)7-8-28)46-24-21(42-15(6)35)20(45-25(29)37)19(41-14(5)34)17(44-24)9-40-13(4)33/h16-24,36,38-39H,7-9H2,1-6H3,(H2,29,37)/t16-,17+,18?,19+,20-,21-,22+,23-,24+,26+,27+/m0/s1. The van der Waals surface area contributed by atoms with Gasteiger partial charge < -0.3 is 54.2 Å². The second kappa shape index (κ2) is 15.3. The van der Waals surface area contributed by atoms with E-state index in [2.05, 4.69) is 0 Å². The van der Waals surface area contributed by atoms with E-state index in [0.717, 1.165) is 27.7 Å². The fourth-order valence-corrected chi connectivity index (χ4v) is 5.41. The Morgan fingerprint density at radius 2 is 1.33 bits per heavy atom. The molecule has 2 heterocycles. The van der Waals surface area contributed by atoms with Crippen molar-refractivity contribution in [3.63, 3.8) is 0 Å². The number of esters is 3. The SMILES string of the molecule is CC(=O)OC[C@H]1O[C@H](O[C@@H]2[C@H](CCF)O[C@@H](C(O)C(C)=O)[C@](O)(C(C)=O)[C@@]2(O)C(C)=O)[C@@H](OC(C)=O)[C@@H](OC(N)=O)[C@@H]1OC(C)=O. The van der Waals surface area contributed by atoms with Gasteiger partial charge in [0.25, 0.3) is 0 Å². The molecule has 11 atom stereocenters. The number of ketones is 3. The lowest BCUT2D eigenvalue weighted by molar-refractivity contribution is -0.365. The first-order valence-electron chi connectivity index (χ1n) is 13.8.